The summed E-state index contributed by atoms with van der Waals surface area (Å²) in [6.07, 6.45) is 1.03. The Hall–Kier alpha value is -2.33. The molecule has 1 atom stereocenters. The van der Waals surface area contributed by atoms with Gasteiger partial charge in [0.2, 0.25) is 0 Å². The summed E-state index contributed by atoms with van der Waals surface area (Å²) in [4.78, 5) is 13.9. The van der Waals surface area contributed by atoms with Crippen LogP contribution in [0.25, 0.3) is 0 Å². The largest absolute Gasteiger partial charge is 0.465 e. The average Bonchev–Trinajstić information content (AvgIpc) is 2.62. The number of rotatable bonds is 4. The van der Waals surface area contributed by atoms with Gasteiger partial charge in [-0.05, 0) is 36.2 Å². The van der Waals surface area contributed by atoms with E-state index in [2.05, 4.69) is 34.5 Å². The van der Waals surface area contributed by atoms with Gasteiger partial charge in [-0.1, -0.05) is 30.3 Å². The molecule has 1 heterocycles. The number of piperazine rings is 1. The smallest absolute Gasteiger partial charge is 0.337 e. The molecule has 2 aromatic carbocycles. The van der Waals surface area contributed by atoms with Crippen molar-refractivity contribution in [1.82, 2.24) is 5.32 Å². The average molecular weight is 310 g/mol. The van der Waals surface area contributed by atoms with Gasteiger partial charge < -0.3 is 15.0 Å². The number of methoxy groups -OCH3 is 1. The maximum Gasteiger partial charge on any atom is 0.337 e. The van der Waals surface area contributed by atoms with Crippen LogP contribution in [0.3, 0.4) is 0 Å². The molecule has 1 aliphatic rings. The number of carbonyl (C=O) groups is 1. The van der Waals surface area contributed by atoms with Crippen molar-refractivity contribution < 1.29 is 9.53 Å². The number of ether oxygens (including phenoxy) is 1. The molecule has 1 aliphatic heterocycles. The minimum absolute atomic E-state index is 0.293. The van der Waals surface area contributed by atoms with Crippen molar-refractivity contribution >= 4 is 11.7 Å². The third-order valence-corrected chi connectivity index (χ3v) is 4.23. The van der Waals surface area contributed by atoms with Gasteiger partial charge in [0.05, 0.1) is 12.7 Å². The van der Waals surface area contributed by atoms with Crippen LogP contribution >= 0.6 is 0 Å². The first-order valence-corrected chi connectivity index (χ1v) is 7.97. The zero-order valence-corrected chi connectivity index (χ0v) is 13.4. The van der Waals surface area contributed by atoms with Crippen LogP contribution in [-0.4, -0.2) is 38.8 Å². The Kier molecular flexibility index (Phi) is 4.93. The van der Waals surface area contributed by atoms with Crippen LogP contribution in [-0.2, 0) is 11.2 Å². The van der Waals surface area contributed by atoms with E-state index in [0.29, 0.717) is 11.6 Å². The number of carbonyl (C=O) groups excluding carboxylic acids is 1. The summed E-state index contributed by atoms with van der Waals surface area (Å²) in [6, 6.07) is 18.7. The first-order valence-electron chi connectivity index (χ1n) is 7.97. The van der Waals surface area contributed by atoms with Crippen molar-refractivity contribution in [3.8, 4) is 0 Å². The molecule has 4 nitrogen and oxygen atoms in total. The second-order valence-electron chi connectivity index (χ2n) is 5.83. The minimum atomic E-state index is -0.293. The van der Waals surface area contributed by atoms with Crippen LogP contribution in [0.2, 0.25) is 0 Å². The molecule has 23 heavy (non-hydrogen) atoms. The van der Waals surface area contributed by atoms with Gasteiger partial charge in [0.25, 0.3) is 0 Å². The molecule has 0 aromatic heterocycles. The van der Waals surface area contributed by atoms with E-state index in [-0.39, 0.29) is 5.97 Å². The second kappa shape index (κ2) is 7.29. The molecule has 1 saturated heterocycles. The molecule has 0 unspecified atom stereocenters. The molecule has 2 aromatic rings. The van der Waals surface area contributed by atoms with E-state index in [1.807, 2.05) is 30.3 Å². The minimum Gasteiger partial charge on any atom is -0.465 e. The van der Waals surface area contributed by atoms with E-state index >= 15 is 0 Å². The lowest BCUT2D eigenvalue weighted by atomic mass is 10.0. The quantitative estimate of drug-likeness (QED) is 0.881. The molecule has 0 amide bonds. The second-order valence-corrected chi connectivity index (χ2v) is 5.83. The standard InChI is InChI=1S/C19H22N2O2/c1-23-19(22)16-7-9-18(10-8-16)21-12-11-20-17(14-21)13-15-5-3-2-4-6-15/h2-10,17,20H,11-14H2,1H3/t17-/m1/s1. The van der Waals surface area contributed by atoms with Crippen molar-refractivity contribution in [3.05, 3.63) is 65.7 Å². The third-order valence-electron chi connectivity index (χ3n) is 4.23. The Bertz CT molecular complexity index is 640. The van der Waals surface area contributed by atoms with Gasteiger partial charge in [-0.15, -0.1) is 0 Å². The van der Waals surface area contributed by atoms with Crippen LogP contribution in [0, 0.1) is 0 Å². The van der Waals surface area contributed by atoms with Crippen LogP contribution in [0.4, 0.5) is 5.69 Å². The van der Waals surface area contributed by atoms with E-state index in [4.69, 9.17) is 4.74 Å². The first kappa shape index (κ1) is 15.6. The number of nitrogens with zero attached hydrogens (tertiary/aromatic N) is 1. The van der Waals surface area contributed by atoms with Gasteiger partial charge in [-0.25, -0.2) is 4.79 Å². The maximum absolute atomic E-state index is 11.5. The van der Waals surface area contributed by atoms with Crippen LogP contribution < -0.4 is 10.2 Å². The Morgan fingerprint density at radius 1 is 1.17 bits per heavy atom. The lowest BCUT2D eigenvalue weighted by Gasteiger charge is -2.35. The molecule has 0 radical (unpaired) electrons. The molecule has 1 fully saturated rings. The summed E-state index contributed by atoms with van der Waals surface area (Å²) in [5, 5.41) is 3.59. The fourth-order valence-corrected chi connectivity index (χ4v) is 3.02. The molecule has 0 saturated carbocycles. The van der Waals surface area contributed by atoms with E-state index in [1.165, 1.54) is 12.7 Å². The number of hydrogen-bond acceptors (Lipinski definition) is 4. The van der Waals surface area contributed by atoms with Gasteiger partial charge >= 0.3 is 5.97 Å². The predicted molar refractivity (Wildman–Crippen MR) is 91.9 cm³/mol. The number of nitrogens with one attached hydrogen (secondary N) is 1. The molecule has 0 aliphatic carbocycles. The van der Waals surface area contributed by atoms with Crippen LogP contribution in [0.5, 0.6) is 0 Å². The number of benzene rings is 2. The summed E-state index contributed by atoms with van der Waals surface area (Å²) in [6.45, 7) is 2.91. The van der Waals surface area contributed by atoms with Gasteiger partial charge in [-0.2, -0.15) is 0 Å². The lowest BCUT2D eigenvalue weighted by Crippen LogP contribution is -2.51. The summed E-state index contributed by atoms with van der Waals surface area (Å²) < 4.78 is 4.74. The highest BCUT2D eigenvalue weighted by molar-refractivity contribution is 5.89. The highest BCUT2D eigenvalue weighted by Gasteiger charge is 2.20. The highest BCUT2D eigenvalue weighted by Crippen LogP contribution is 2.18. The van der Waals surface area contributed by atoms with Gasteiger partial charge in [0.1, 0.15) is 0 Å². The Labute approximate surface area is 137 Å². The van der Waals surface area contributed by atoms with Crippen molar-refractivity contribution in [3.63, 3.8) is 0 Å². The molecular formula is C19H22N2O2. The molecule has 4 heteroatoms. The van der Waals surface area contributed by atoms with Crippen molar-refractivity contribution in [2.75, 3.05) is 31.6 Å². The normalized spacial score (nSPS) is 17.8. The van der Waals surface area contributed by atoms with E-state index < -0.39 is 0 Å². The lowest BCUT2D eigenvalue weighted by molar-refractivity contribution is 0.0601. The van der Waals surface area contributed by atoms with E-state index in [9.17, 15) is 4.79 Å². The molecule has 0 spiro atoms. The third kappa shape index (κ3) is 3.90. The van der Waals surface area contributed by atoms with Crippen molar-refractivity contribution in [1.29, 1.82) is 0 Å². The number of esters is 1. The number of hydrogen-bond donors (Lipinski definition) is 1. The highest BCUT2D eigenvalue weighted by atomic mass is 16.5. The molecule has 3 rings (SSSR count). The Morgan fingerprint density at radius 2 is 1.91 bits per heavy atom. The molecule has 1 N–H and O–H groups in total. The van der Waals surface area contributed by atoms with E-state index in [1.54, 1.807) is 0 Å². The summed E-state index contributed by atoms with van der Waals surface area (Å²) in [5.74, 6) is -0.293. The maximum atomic E-state index is 11.5. The summed E-state index contributed by atoms with van der Waals surface area (Å²) >= 11 is 0. The fourth-order valence-electron chi connectivity index (χ4n) is 3.02. The zero-order chi connectivity index (χ0) is 16.1. The predicted octanol–water partition coefficient (Wildman–Crippen LogP) is 2.49. The van der Waals surface area contributed by atoms with E-state index in [0.717, 1.165) is 31.7 Å². The van der Waals surface area contributed by atoms with Crippen LogP contribution in [0.15, 0.2) is 54.6 Å². The SMILES string of the molecule is COC(=O)c1ccc(N2CCN[C@H](Cc3ccccc3)C2)cc1. The Morgan fingerprint density at radius 3 is 2.61 bits per heavy atom. The summed E-state index contributed by atoms with van der Waals surface area (Å²) in [5.41, 5.74) is 3.09. The van der Waals surface area contributed by atoms with Gasteiger partial charge in [-0.3, -0.25) is 0 Å². The van der Waals surface area contributed by atoms with Gasteiger partial charge in [0, 0.05) is 31.4 Å². The van der Waals surface area contributed by atoms with Crippen molar-refractivity contribution in [2.24, 2.45) is 0 Å². The topological polar surface area (TPSA) is 41.6 Å². The molecular weight excluding hydrogens is 288 g/mol. The fraction of sp³-hybridized carbons (Fsp3) is 0.316. The molecule has 0 bridgehead atoms. The Balaban J connectivity index is 1.65. The van der Waals surface area contributed by atoms with Gasteiger partial charge in [0.15, 0.2) is 0 Å². The monoisotopic (exact) mass is 310 g/mol. The molecule has 120 valence electrons. The summed E-state index contributed by atoms with van der Waals surface area (Å²) in [7, 11) is 1.40. The van der Waals surface area contributed by atoms with Crippen LogP contribution in [0.1, 0.15) is 15.9 Å². The number of anilines is 1. The zero-order valence-electron chi connectivity index (χ0n) is 13.4. The van der Waals surface area contributed by atoms with Crippen molar-refractivity contribution in [2.45, 2.75) is 12.5 Å². The first-order chi connectivity index (χ1) is 11.3.